The van der Waals surface area contributed by atoms with Crippen molar-refractivity contribution in [2.75, 3.05) is 44.7 Å². The zero-order chi connectivity index (χ0) is 21.0. The van der Waals surface area contributed by atoms with Gasteiger partial charge < -0.3 is 15.4 Å². The Bertz CT molecular complexity index is 702. The van der Waals surface area contributed by atoms with E-state index in [4.69, 9.17) is 4.74 Å². The highest BCUT2D eigenvalue weighted by Crippen LogP contribution is 2.39. The van der Waals surface area contributed by atoms with Crippen LogP contribution in [0.1, 0.15) is 75.6 Å². The van der Waals surface area contributed by atoms with Gasteiger partial charge in [-0.2, -0.15) is 5.10 Å². The van der Waals surface area contributed by atoms with Crippen molar-refractivity contribution in [2.24, 2.45) is 5.92 Å². The van der Waals surface area contributed by atoms with Crippen LogP contribution >= 0.6 is 0 Å². The van der Waals surface area contributed by atoms with Crippen LogP contribution in [0.15, 0.2) is 6.20 Å². The molecule has 1 amide bonds. The van der Waals surface area contributed by atoms with E-state index in [-0.39, 0.29) is 11.4 Å². The number of hydrogen-bond acceptors (Lipinski definition) is 5. The molecule has 30 heavy (non-hydrogen) atoms. The molecule has 168 valence electrons. The van der Waals surface area contributed by atoms with Gasteiger partial charge in [0.25, 0.3) is 5.91 Å². The molecule has 4 rings (SSSR count). The van der Waals surface area contributed by atoms with E-state index in [9.17, 15) is 4.79 Å². The number of anilines is 1. The smallest absolute Gasteiger partial charge is 0.256 e. The summed E-state index contributed by atoms with van der Waals surface area (Å²) in [5.41, 5.74) is 0.611. The van der Waals surface area contributed by atoms with E-state index >= 15 is 0 Å². The van der Waals surface area contributed by atoms with Gasteiger partial charge in [-0.15, -0.1) is 0 Å². The average molecular weight is 418 g/mol. The van der Waals surface area contributed by atoms with Gasteiger partial charge >= 0.3 is 0 Å². The molecule has 2 N–H and O–H groups in total. The maximum atomic E-state index is 12.9. The molecule has 7 nitrogen and oxygen atoms in total. The minimum Gasteiger partial charge on any atom is -0.379 e. The molecule has 2 fully saturated rings. The molecule has 1 aromatic heterocycles. The molecule has 7 heteroatoms. The summed E-state index contributed by atoms with van der Waals surface area (Å²) >= 11 is 0. The summed E-state index contributed by atoms with van der Waals surface area (Å²) in [6.07, 6.45) is 11.8. The van der Waals surface area contributed by atoms with Crippen LogP contribution in [-0.4, -0.2) is 66.0 Å². The summed E-state index contributed by atoms with van der Waals surface area (Å²) in [5, 5.41) is 11.5. The molecule has 3 heterocycles. The van der Waals surface area contributed by atoms with Crippen LogP contribution in [0.4, 0.5) is 5.82 Å². The van der Waals surface area contributed by atoms with Crippen molar-refractivity contribution < 1.29 is 9.53 Å². The Morgan fingerprint density at radius 1 is 1.23 bits per heavy atom. The molecule has 0 radical (unpaired) electrons. The Labute approximate surface area is 180 Å². The lowest BCUT2D eigenvalue weighted by Gasteiger charge is -2.41. The zero-order valence-electron chi connectivity index (χ0n) is 18.8. The van der Waals surface area contributed by atoms with Crippen LogP contribution < -0.4 is 10.6 Å². The predicted molar refractivity (Wildman–Crippen MR) is 119 cm³/mol. The number of carbonyl (C=O) groups excluding carboxylic acids is 1. The third kappa shape index (κ3) is 4.99. The van der Waals surface area contributed by atoms with Gasteiger partial charge in [0.1, 0.15) is 11.4 Å². The van der Waals surface area contributed by atoms with Crippen molar-refractivity contribution in [1.82, 2.24) is 20.0 Å². The lowest BCUT2D eigenvalue weighted by molar-refractivity contribution is 0.0374. The van der Waals surface area contributed by atoms with Gasteiger partial charge in [0.05, 0.1) is 24.9 Å². The third-order valence-electron chi connectivity index (χ3n) is 7.14. The monoisotopic (exact) mass is 417 g/mol. The first-order valence-corrected chi connectivity index (χ1v) is 12.0. The van der Waals surface area contributed by atoms with Crippen molar-refractivity contribution in [1.29, 1.82) is 0 Å². The number of fused-ring (bicyclic) bond motifs is 1. The number of morpholine rings is 1. The van der Waals surface area contributed by atoms with E-state index in [1.807, 2.05) is 4.68 Å². The molecule has 0 bridgehead atoms. The lowest BCUT2D eigenvalue weighted by atomic mass is 9.82. The Kier molecular flexibility index (Phi) is 6.98. The van der Waals surface area contributed by atoms with E-state index in [0.29, 0.717) is 24.1 Å². The van der Waals surface area contributed by atoms with E-state index < -0.39 is 0 Å². The molecule has 0 aromatic carbocycles. The minimum atomic E-state index is -0.0770. The lowest BCUT2D eigenvalue weighted by Crippen LogP contribution is -2.45. The fourth-order valence-corrected chi connectivity index (χ4v) is 5.39. The topological polar surface area (TPSA) is 71.4 Å². The van der Waals surface area contributed by atoms with Gasteiger partial charge in [0, 0.05) is 25.7 Å². The quantitative estimate of drug-likeness (QED) is 0.549. The highest BCUT2D eigenvalue weighted by atomic mass is 16.5. The molecule has 0 spiro atoms. The van der Waals surface area contributed by atoms with Crippen LogP contribution in [0.5, 0.6) is 0 Å². The maximum absolute atomic E-state index is 12.9. The molecular formula is C23H39N5O2. The largest absolute Gasteiger partial charge is 0.379 e. The molecule has 3 aliphatic rings. The van der Waals surface area contributed by atoms with Crippen LogP contribution in [0, 0.1) is 5.92 Å². The Hall–Kier alpha value is -1.60. The van der Waals surface area contributed by atoms with E-state index in [1.54, 1.807) is 6.20 Å². The third-order valence-corrected chi connectivity index (χ3v) is 7.14. The summed E-state index contributed by atoms with van der Waals surface area (Å²) in [6, 6.07) is 0.426. The molecule has 1 atom stereocenters. The molecule has 1 aromatic rings. The number of rotatable bonds is 6. The summed E-state index contributed by atoms with van der Waals surface area (Å²) < 4.78 is 7.43. The first kappa shape index (κ1) is 21.6. The predicted octanol–water partition coefficient (Wildman–Crippen LogP) is 3.22. The Morgan fingerprint density at radius 3 is 2.70 bits per heavy atom. The number of carbonyl (C=O) groups is 1. The summed E-state index contributed by atoms with van der Waals surface area (Å²) in [5.74, 6) is 1.59. The second-order valence-corrected chi connectivity index (χ2v) is 9.90. The van der Waals surface area contributed by atoms with E-state index in [2.05, 4.69) is 34.5 Å². The van der Waals surface area contributed by atoms with Gasteiger partial charge in [-0.25, -0.2) is 4.68 Å². The average Bonchev–Trinajstić information content (AvgIpc) is 2.99. The first-order chi connectivity index (χ1) is 14.5. The number of aromatic nitrogens is 2. The van der Waals surface area contributed by atoms with E-state index in [0.717, 1.165) is 51.5 Å². The van der Waals surface area contributed by atoms with Gasteiger partial charge in [-0.3, -0.25) is 9.69 Å². The standard InChI is InChI=1S/C23H39N5O2/c1-23(2)16-20(18-8-5-3-4-6-9-18)26-21-19(17-25-28(21)23)22(29)24-10-7-11-27-12-14-30-15-13-27/h17-18,20,26H,3-16H2,1-2H3,(H,24,29). The summed E-state index contributed by atoms with van der Waals surface area (Å²) in [4.78, 5) is 15.3. The molecular weight excluding hydrogens is 378 g/mol. The van der Waals surface area contributed by atoms with Crippen molar-refractivity contribution in [3.8, 4) is 0 Å². The van der Waals surface area contributed by atoms with Crippen molar-refractivity contribution in [3.63, 3.8) is 0 Å². The summed E-state index contributed by atoms with van der Waals surface area (Å²) in [7, 11) is 0. The Balaban J connectivity index is 1.37. The molecule has 1 aliphatic carbocycles. The summed E-state index contributed by atoms with van der Waals surface area (Å²) in [6.45, 7) is 9.81. The van der Waals surface area contributed by atoms with Gasteiger partial charge in [-0.1, -0.05) is 25.7 Å². The number of nitrogens with zero attached hydrogens (tertiary/aromatic N) is 3. The molecule has 2 aliphatic heterocycles. The zero-order valence-corrected chi connectivity index (χ0v) is 18.8. The normalized spacial score (nSPS) is 25.2. The number of amides is 1. The highest BCUT2D eigenvalue weighted by Gasteiger charge is 2.38. The van der Waals surface area contributed by atoms with Crippen molar-refractivity contribution in [2.45, 2.75) is 76.8 Å². The Morgan fingerprint density at radius 2 is 1.97 bits per heavy atom. The molecule has 1 saturated heterocycles. The van der Waals surface area contributed by atoms with Crippen molar-refractivity contribution >= 4 is 11.7 Å². The fraction of sp³-hybridized carbons (Fsp3) is 0.826. The van der Waals surface area contributed by atoms with Crippen LogP contribution in [-0.2, 0) is 10.3 Å². The highest BCUT2D eigenvalue weighted by molar-refractivity contribution is 5.98. The minimum absolute atomic E-state index is 0.0111. The van der Waals surface area contributed by atoms with Crippen LogP contribution in [0.25, 0.3) is 0 Å². The van der Waals surface area contributed by atoms with E-state index in [1.165, 1.54) is 38.5 Å². The number of ether oxygens (including phenoxy) is 1. The van der Waals surface area contributed by atoms with Gasteiger partial charge in [0.2, 0.25) is 0 Å². The van der Waals surface area contributed by atoms with Crippen molar-refractivity contribution in [3.05, 3.63) is 11.8 Å². The second kappa shape index (κ2) is 9.69. The number of nitrogens with one attached hydrogen (secondary N) is 2. The number of hydrogen-bond donors (Lipinski definition) is 2. The van der Waals surface area contributed by atoms with Gasteiger partial charge in [-0.05, 0) is 52.0 Å². The first-order valence-electron chi connectivity index (χ1n) is 12.0. The van der Waals surface area contributed by atoms with Crippen LogP contribution in [0.2, 0.25) is 0 Å². The molecule has 1 saturated carbocycles. The maximum Gasteiger partial charge on any atom is 0.256 e. The molecule has 1 unspecified atom stereocenters. The SMILES string of the molecule is CC1(C)CC(C2CCCCCC2)Nc2c(C(=O)NCCCN3CCOCC3)cnn21. The fourth-order valence-electron chi connectivity index (χ4n) is 5.39. The van der Waals surface area contributed by atoms with Crippen LogP contribution in [0.3, 0.4) is 0 Å². The van der Waals surface area contributed by atoms with Gasteiger partial charge in [0.15, 0.2) is 0 Å². The second-order valence-electron chi connectivity index (χ2n) is 9.90.